The molecule has 0 spiro atoms. The first-order valence-corrected chi connectivity index (χ1v) is 49.7. The second-order valence-electron chi connectivity index (χ2n) is 39.0. The third-order valence-corrected chi connectivity index (χ3v) is 30.8. The minimum Gasteiger partial charge on any atom is -0.458 e. The molecule has 0 unspecified atom stereocenters. The Morgan fingerprint density at radius 3 is 1.09 bits per heavy atom. The van der Waals surface area contributed by atoms with Crippen LogP contribution in [0.5, 0.6) is 92.0 Å². The van der Waals surface area contributed by atoms with Crippen LogP contribution in [0.25, 0.3) is 82.5 Å². The summed E-state index contributed by atoms with van der Waals surface area (Å²) in [6.45, 7) is 4.83. The normalized spacial score (nSPS) is 13.8. The molecule has 9 aliphatic rings. The van der Waals surface area contributed by atoms with E-state index in [0.29, 0.717) is 0 Å². The van der Waals surface area contributed by atoms with Gasteiger partial charge in [0, 0.05) is 101 Å². The maximum absolute atomic E-state index is 6.82. The van der Waals surface area contributed by atoms with Crippen LogP contribution in [-0.2, 0) is 5.41 Å². The highest BCUT2D eigenvalue weighted by atomic mass is 16.5. The van der Waals surface area contributed by atoms with Crippen molar-refractivity contribution in [1.29, 1.82) is 0 Å². The molecule has 24 aromatic rings. The van der Waals surface area contributed by atoms with Gasteiger partial charge >= 0.3 is 0 Å². The molecule has 0 bridgehead atoms. The molecule has 146 heavy (non-hydrogen) atoms. The fourth-order valence-electron chi connectivity index (χ4n) is 24.7. The third kappa shape index (κ3) is 12.1. The number of hydrogen-bond donors (Lipinski definition) is 0. The summed E-state index contributed by atoms with van der Waals surface area (Å²) in [5.41, 5.74) is 32.1. The molecule has 9 aliphatic heterocycles. The van der Waals surface area contributed by atoms with Crippen molar-refractivity contribution in [3.05, 3.63) is 466 Å². The molecule has 0 saturated carbocycles. The highest BCUT2D eigenvalue weighted by molar-refractivity contribution is 6.99. The Morgan fingerprint density at radius 1 is 0.192 bits per heavy atom. The number of rotatable bonds is 6. The molecule has 0 fully saturated rings. The Bertz CT molecular complexity index is 9720. The van der Waals surface area contributed by atoms with Crippen LogP contribution in [0.2, 0.25) is 0 Å². The Hall–Kier alpha value is -19.0. The van der Waals surface area contributed by atoms with Crippen LogP contribution in [-0.4, -0.2) is 33.8 Å². The molecule has 0 amide bonds. The van der Waals surface area contributed by atoms with Crippen LogP contribution < -0.4 is 102 Å². The summed E-state index contributed by atoms with van der Waals surface area (Å²) in [5, 5.41) is 7.01. The molecule has 0 aliphatic carbocycles. The van der Waals surface area contributed by atoms with Gasteiger partial charge < -0.3 is 66.3 Å². The molecule has 684 valence electrons. The van der Waals surface area contributed by atoms with Gasteiger partial charge in [0.15, 0.2) is 23.0 Å². The van der Waals surface area contributed by atoms with Crippen LogP contribution in [0.1, 0.15) is 25.0 Å². The fraction of sp³-hybridized carbons (Fsp3) is 0.0233. The minimum absolute atomic E-state index is 0.0180. The topological polar surface area (TPSA) is 98.4 Å². The number of nitrogens with zero attached hydrogens (tertiary/aromatic N) is 6. The van der Waals surface area contributed by atoms with E-state index >= 15 is 0 Å². The van der Waals surface area contributed by atoms with Gasteiger partial charge in [0.05, 0.1) is 78.3 Å². The molecule has 21 aromatic carbocycles. The van der Waals surface area contributed by atoms with Gasteiger partial charge in [-0.1, -0.05) is 263 Å². The quantitative estimate of drug-likeness (QED) is 0.149. The molecule has 17 heteroatoms. The first-order chi connectivity index (χ1) is 72.2. The van der Waals surface area contributed by atoms with Crippen LogP contribution in [0.3, 0.4) is 0 Å². The predicted octanol–water partition coefficient (Wildman–Crippen LogP) is 27.8. The first-order valence-electron chi connectivity index (χ1n) is 49.7. The van der Waals surface area contributed by atoms with E-state index in [1.165, 1.54) is 49.7 Å². The van der Waals surface area contributed by atoms with Gasteiger partial charge in [0.2, 0.25) is 0 Å². The lowest BCUT2D eigenvalue weighted by molar-refractivity contribution is 0.464. The van der Waals surface area contributed by atoms with E-state index in [2.05, 4.69) is 388 Å². The predicted molar refractivity (Wildman–Crippen MR) is 592 cm³/mol. The van der Waals surface area contributed by atoms with Crippen LogP contribution in [0.4, 0.5) is 51.2 Å². The lowest BCUT2D eigenvalue weighted by Gasteiger charge is -2.42. The summed E-state index contributed by atoms with van der Waals surface area (Å²) in [5.74, 6) is 13.6. The van der Waals surface area contributed by atoms with Crippen molar-refractivity contribution in [1.82, 2.24) is 13.7 Å². The smallest absolute Gasteiger partial charge is 0.260 e. The van der Waals surface area contributed by atoms with E-state index in [1.54, 1.807) is 0 Å². The number of aromatic nitrogens is 3. The average molecular weight is 1880 g/mol. The number of benzene rings is 21. The minimum atomic E-state index is -0.283. The zero-order chi connectivity index (χ0) is 95.8. The zero-order valence-corrected chi connectivity index (χ0v) is 79.0. The largest absolute Gasteiger partial charge is 0.458 e. The third-order valence-electron chi connectivity index (χ3n) is 30.8. The van der Waals surface area contributed by atoms with E-state index in [1.807, 2.05) is 109 Å². The summed E-state index contributed by atoms with van der Waals surface area (Å²) in [4.78, 5) is 7.03. The van der Waals surface area contributed by atoms with E-state index in [-0.39, 0.29) is 25.6 Å². The molecule has 0 radical (unpaired) electrons. The van der Waals surface area contributed by atoms with E-state index < -0.39 is 0 Å². The highest BCUT2D eigenvalue weighted by Crippen LogP contribution is 2.60. The fourth-order valence-corrected chi connectivity index (χ4v) is 24.7. The highest BCUT2D eigenvalue weighted by Gasteiger charge is 2.47. The molecule has 0 N–H and O–H groups in total. The van der Waals surface area contributed by atoms with Crippen LogP contribution >= 0.6 is 0 Å². The molecule has 12 heterocycles. The zero-order valence-electron chi connectivity index (χ0n) is 79.0. The Morgan fingerprint density at radius 2 is 0.555 bits per heavy atom. The van der Waals surface area contributed by atoms with E-state index in [9.17, 15) is 0 Å². The number of anilines is 9. The summed E-state index contributed by atoms with van der Waals surface area (Å²) < 4.78 is 59.8. The maximum atomic E-state index is 6.82. The summed E-state index contributed by atoms with van der Waals surface area (Å²) in [6, 6.07) is 160. The van der Waals surface area contributed by atoms with Gasteiger partial charge in [-0.25, -0.2) is 0 Å². The Balaban J connectivity index is 0.0000000995. The van der Waals surface area contributed by atoms with Crippen LogP contribution in [0.15, 0.2) is 455 Å². The molecular formula is C129H81B3N6O8. The SMILES string of the molecule is CC1(C)c2ccccc2N(c2ccccc2)c2ccc3c4ccccc4n(-c4ccc5c(c4)Oc4cccc6c4B5c4ccccc4O6)c3c21.c1ccc(-n2c3ccccc3c3cc4c(cc32)N(c2ccc3c(c2)Oc2cccc5c2B3c2ccccc2O5)c2ccccc2O4)cc1.c1ccc(N2c3ccccc3Oc3c2ccc2c3c3ccccc3n2-c2ccc3c(c2)Oc2cccc4c2B3c2ccccc2O4)cc1. The Kier molecular flexibility index (Phi) is 17.7. The summed E-state index contributed by atoms with van der Waals surface area (Å²) in [7, 11) is 0. The lowest BCUT2D eigenvalue weighted by atomic mass is 9.35. The second kappa shape index (κ2) is 31.5. The maximum Gasteiger partial charge on any atom is 0.260 e. The van der Waals surface area contributed by atoms with Gasteiger partial charge in [-0.3, -0.25) is 0 Å². The number of fused-ring (bicyclic) bond motifs is 29. The molecule has 14 nitrogen and oxygen atoms in total. The summed E-state index contributed by atoms with van der Waals surface area (Å²) in [6.07, 6.45) is 0. The van der Waals surface area contributed by atoms with Crippen molar-refractivity contribution in [3.63, 3.8) is 0 Å². The molecule has 0 saturated heterocycles. The number of ether oxygens (including phenoxy) is 8. The monoisotopic (exact) mass is 1870 g/mol. The number of hydrogen-bond acceptors (Lipinski definition) is 11. The Labute approximate surface area is 840 Å². The van der Waals surface area contributed by atoms with E-state index in [0.717, 1.165) is 236 Å². The number of para-hydroxylation sites is 14. The van der Waals surface area contributed by atoms with Gasteiger partial charge in [0.1, 0.15) is 69.0 Å². The van der Waals surface area contributed by atoms with Crippen molar-refractivity contribution in [2.45, 2.75) is 19.3 Å². The van der Waals surface area contributed by atoms with Crippen LogP contribution in [0, 0.1) is 0 Å². The standard InChI is InChI=1S/C45H31BN2O2.2C42H25BN2O3/c1-45(2)32-16-7-10-19-36(32)47(28-13-4-3-5-14-28)37-26-24-31-30-15-6-9-18-35(30)48(44(31)42(37)45)29-23-25-34-41(27-29)50-40-22-12-21-39-43(40)46(34)33-17-8-11-20-38(33)49-39;1-2-11-26(12-3-1)44-32-15-6-4-13-28(32)29-24-41-35(25-34(29)44)45(33-16-7-9-18-37(33)47-41)27-21-22-31-40(23-27)48-39-20-10-19-38-42(39)43(31)30-14-5-8-17-36(30)46-38;1-2-11-26(12-3-1)44-32-16-7-9-18-36(32)48-42-34(44)24-23-33-40(42)28-13-4-6-15-31(28)45(33)27-21-22-30-39(25-27)47-38-20-10-19-37-41(38)43(30)29-14-5-8-17-35(29)46-37/h3-27H,1-2H3;2*1-25H. The molecule has 33 rings (SSSR count). The van der Waals surface area contributed by atoms with Gasteiger partial charge in [-0.05, 0) is 226 Å². The second-order valence-corrected chi connectivity index (χ2v) is 39.0. The lowest BCUT2D eigenvalue weighted by Crippen LogP contribution is -2.57. The summed E-state index contributed by atoms with van der Waals surface area (Å²) >= 11 is 0. The van der Waals surface area contributed by atoms with Crippen molar-refractivity contribution in [2.24, 2.45) is 0 Å². The van der Waals surface area contributed by atoms with Gasteiger partial charge in [-0.2, -0.15) is 0 Å². The van der Waals surface area contributed by atoms with Gasteiger partial charge in [-0.15, -0.1) is 0 Å². The van der Waals surface area contributed by atoms with Crippen molar-refractivity contribution in [3.8, 4) is 109 Å². The van der Waals surface area contributed by atoms with Crippen molar-refractivity contribution < 1.29 is 37.9 Å². The molecule has 0 atom stereocenters. The van der Waals surface area contributed by atoms with Crippen molar-refractivity contribution >= 4 is 186 Å². The average Bonchev–Trinajstić information content (AvgIpc) is 1.50. The molecular weight excluding hydrogens is 1790 g/mol. The first kappa shape index (κ1) is 81.8. The van der Waals surface area contributed by atoms with Gasteiger partial charge in [0.25, 0.3) is 20.1 Å². The van der Waals surface area contributed by atoms with Crippen molar-refractivity contribution in [2.75, 3.05) is 14.7 Å². The molecule has 3 aromatic heterocycles. The van der Waals surface area contributed by atoms with E-state index in [4.69, 9.17) is 37.9 Å².